The molecular formula is C19H21FN6O4. The van der Waals surface area contributed by atoms with Gasteiger partial charge in [0.1, 0.15) is 17.9 Å². The van der Waals surface area contributed by atoms with Gasteiger partial charge in [0.05, 0.1) is 30.7 Å². The number of carbonyl (C=O) groups excluding carboxylic acids is 1. The van der Waals surface area contributed by atoms with Crippen LogP contribution in [0.1, 0.15) is 17.3 Å². The van der Waals surface area contributed by atoms with Gasteiger partial charge in [-0.15, -0.1) is 0 Å². The van der Waals surface area contributed by atoms with Crippen LogP contribution in [0.5, 0.6) is 5.75 Å². The van der Waals surface area contributed by atoms with Crippen molar-refractivity contribution in [3.63, 3.8) is 0 Å². The number of halogens is 1. The first-order valence-electron chi connectivity index (χ1n) is 9.72. The van der Waals surface area contributed by atoms with Crippen molar-refractivity contribution in [2.75, 3.05) is 51.0 Å². The molecule has 0 radical (unpaired) electrons. The van der Waals surface area contributed by atoms with E-state index in [0.29, 0.717) is 56.3 Å². The molecule has 2 aromatic rings. The zero-order valence-electron chi connectivity index (χ0n) is 16.5. The number of rotatable bonds is 5. The lowest BCUT2D eigenvalue weighted by molar-refractivity contribution is 0.0524. The summed E-state index contributed by atoms with van der Waals surface area (Å²) in [6.45, 7) is 5.03. The molecule has 0 aliphatic carbocycles. The Morgan fingerprint density at radius 2 is 2.10 bits per heavy atom. The molecule has 0 bridgehead atoms. The summed E-state index contributed by atoms with van der Waals surface area (Å²) in [7, 11) is 0. The van der Waals surface area contributed by atoms with Gasteiger partial charge < -0.3 is 18.9 Å². The first-order chi connectivity index (χ1) is 14.5. The average Bonchev–Trinajstić information content (AvgIpc) is 2.75. The first kappa shape index (κ1) is 20.0. The smallest absolute Gasteiger partial charge is 0.343 e. The lowest BCUT2D eigenvalue weighted by Crippen LogP contribution is -2.46. The maximum Gasteiger partial charge on any atom is 0.343 e. The zero-order valence-corrected chi connectivity index (χ0v) is 16.5. The van der Waals surface area contributed by atoms with Crippen LogP contribution in [-0.4, -0.2) is 61.5 Å². The van der Waals surface area contributed by atoms with E-state index < -0.39 is 17.2 Å². The van der Waals surface area contributed by atoms with Gasteiger partial charge in [-0.05, 0) is 18.5 Å². The van der Waals surface area contributed by atoms with E-state index in [1.54, 1.807) is 11.5 Å². The van der Waals surface area contributed by atoms with E-state index in [2.05, 4.69) is 10.0 Å². The second kappa shape index (κ2) is 8.21. The van der Waals surface area contributed by atoms with Gasteiger partial charge in [-0.3, -0.25) is 9.69 Å². The number of nitrogens with zero attached hydrogens (tertiary/aromatic N) is 6. The van der Waals surface area contributed by atoms with Crippen LogP contribution in [0.3, 0.4) is 0 Å². The molecule has 30 heavy (non-hydrogen) atoms. The molecule has 0 spiro atoms. The fourth-order valence-electron chi connectivity index (χ4n) is 3.93. The highest BCUT2D eigenvalue weighted by Crippen LogP contribution is 2.40. The first-order valence-corrected chi connectivity index (χ1v) is 9.72. The summed E-state index contributed by atoms with van der Waals surface area (Å²) in [5.74, 6) is -0.985. The number of azide groups is 1. The summed E-state index contributed by atoms with van der Waals surface area (Å²) < 4.78 is 27.7. The van der Waals surface area contributed by atoms with Crippen molar-refractivity contribution in [3.05, 3.63) is 44.3 Å². The zero-order chi connectivity index (χ0) is 21.3. The van der Waals surface area contributed by atoms with Gasteiger partial charge in [0.25, 0.3) is 0 Å². The Morgan fingerprint density at radius 1 is 1.33 bits per heavy atom. The molecule has 2 aliphatic rings. The number of carbonyl (C=O) groups is 1. The minimum Gasteiger partial charge on any atom is -0.487 e. The topological polar surface area (TPSA) is 113 Å². The number of aromatic nitrogens is 1. The van der Waals surface area contributed by atoms with Crippen LogP contribution in [0, 0.1) is 5.82 Å². The number of esters is 1. The third kappa shape index (κ3) is 3.42. The van der Waals surface area contributed by atoms with Crippen molar-refractivity contribution in [3.8, 4) is 5.75 Å². The molecule has 0 saturated carbocycles. The maximum absolute atomic E-state index is 15.2. The Bertz CT molecular complexity index is 1100. The van der Waals surface area contributed by atoms with Gasteiger partial charge in [-0.25, -0.2) is 9.18 Å². The third-order valence-electron chi connectivity index (χ3n) is 5.33. The molecule has 3 heterocycles. The Hall–Kier alpha value is -3.30. The van der Waals surface area contributed by atoms with Gasteiger partial charge >= 0.3 is 5.97 Å². The summed E-state index contributed by atoms with van der Waals surface area (Å²) in [5, 5.41) is 3.66. The van der Waals surface area contributed by atoms with Crippen LogP contribution in [0.2, 0.25) is 0 Å². The number of hydrogen-bond acceptors (Lipinski definition) is 7. The number of pyridine rings is 1. The minimum atomic E-state index is -0.721. The maximum atomic E-state index is 15.2. The summed E-state index contributed by atoms with van der Waals surface area (Å²) >= 11 is 0. The van der Waals surface area contributed by atoms with Crippen LogP contribution in [0.15, 0.2) is 22.2 Å². The van der Waals surface area contributed by atoms with Crippen LogP contribution in [0.25, 0.3) is 21.3 Å². The van der Waals surface area contributed by atoms with Crippen LogP contribution in [0.4, 0.5) is 10.1 Å². The molecule has 1 saturated heterocycles. The van der Waals surface area contributed by atoms with Gasteiger partial charge in [0.15, 0.2) is 11.6 Å². The predicted octanol–water partition coefficient (Wildman–Crippen LogP) is 2.10. The van der Waals surface area contributed by atoms with E-state index in [0.717, 1.165) is 0 Å². The highest BCUT2D eigenvalue weighted by Gasteiger charge is 2.29. The van der Waals surface area contributed by atoms with Crippen LogP contribution >= 0.6 is 0 Å². The normalized spacial score (nSPS) is 16.1. The van der Waals surface area contributed by atoms with Crippen molar-refractivity contribution in [1.82, 2.24) is 9.47 Å². The summed E-state index contributed by atoms with van der Waals surface area (Å²) in [5.41, 5.74) is 8.57. The number of anilines is 1. The van der Waals surface area contributed by atoms with Gasteiger partial charge in [0, 0.05) is 37.3 Å². The lowest BCUT2D eigenvalue weighted by atomic mass is 10.1. The average molecular weight is 416 g/mol. The molecule has 0 atom stereocenters. The van der Waals surface area contributed by atoms with Crippen molar-refractivity contribution >= 4 is 22.6 Å². The molecule has 0 amide bonds. The Balaban J connectivity index is 1.77. The molecule has 0 N–H and O–H groups in total. The molecule has 158 valence electrons. The molecule has 4 rings (SSSR count). The monoisotopic (exact) mass is 416 g/mol. The van der Waals surface area contributed by atoms with E-state index in [1.807, 2.05) is 9.80 Å². The van der Waals surface area contributed by atoms with E-state index >= 15 is 4.39 Å². The Kier molecular flexibility index (Phi) is 5.47. The lowest BCUT2D eigenvalue weighted by Gasteiger charge is -2.37. The third-order valence-corrected chi connectivity index (χ3v) is 5.33. The molecular weight excluding hydrogens is 395 g/mol. The highest BCUT2D eigenvalue weighted by molar-refractivity contribution is 5.97. The highest BCUT2D eigenvalue weighted by atomic mass is 19.1. The van der Waals surface area contributed by atoms with Gasteiger partial charge in [-0.1, -0.05) is 5.11 Å². The summed E-state index contributed by atoms with van der Waals surface area (Å²) in [6.07, 6.45) is 1.47. The molecule has 11 heteroatoms. The van der Waals surface area contributed by atoms with E-state index in [4.69, 9.17) is 15.0 Å². The Labute approximate surface area is 171 Å². The fraction of sp³-hybridized carbons (Fsp3) is 0.474. The SMILES string of the molecule is CCOC(=O)c1cn2c3c(c(N4CCN(CN=[N+]=[N-])CC4)c(F)cc3c1=O)OCC2. The molecule has 10 nitrogen and oxygen atoms in total. The largest absolute Gasteiger partial charge is 0.487 e. The van der Waals surface area contributed by atoms with Gasteiger partial charge in [0.2, 0.25) is 5.43 Å². The molecule has 2 aliphatic heterocycles. The van der Waals surface area contributed by atoms with E-state index in [-0.39, 0.29) is 24.2 Å². The van der Waals surface area contributed by atoms with Crippen molar-refractivity contribution in [1.29, 1.82) is 0 Å². The second-order valence-electron chi connectivity index (χ2n) is 7.04. The second-order valence-corrected chi connectivity index (χ2v) is 7.04. The Morgan fingerprint density at radius 3 is 2.80 bits per heavy atom. The molecule has 1 aromatic carbocycles. The molecule has 1 fully saturated rings. The predicted molar refractivity (Wildman–Crippen MR) is 107 cm³/mol. The minimum absolute atomic E-state index is 0.0958. The number of hydrogen-bond donors (Lipinski definition) is 0. The molecule has 1 aromatic heterocycles. The molecule has 0 unspecified atom stereocenters. The van der Waals surface area contributed by atoms with Crippen molar-refractivity contribution in [2.24, 2.45) is 5.11 Å². The van der Waals surface area contributed by atoms with Crippen molar-refractivity contribution in [2.45, 2.75) is 13.5 Å². The number of piperazine rings is 1. The number of ether oxygens (including phenoxy) is 2. The summed E-state index contributed by atoms with van der Waals surface area (Å²) in [4.78, 5) is 31.7. The summed E-state index contributed by atoms with van der Waals surface area (Å²) in [6, 6.07) is 1.18. The van der Waals surface area contributed by atoms with E-state index in [1.165, 1.54) is 12.3 Å². The van der Waals surface area contributed by atoms with Crippen LogP contribution in [-0.2, 0) is 11.3 Å². The van der Waals surface area contributed by atoms with Crippen molar-refractivity contribution < 1.29 is 18.7 Å². The van der Waals surface area contributed by atoms with Gasteiger partial charge in [-0.2, -0.15) is 0 Å². The quantitative estimate of drug-likeness (QED) is 0.319. The standard InChI is InChI=1S/C19H21FN6O4/c1-2-29-19(28)13-10-26-7-8-30-18-15(26)12(17(13)27)9-14(20)16(18)25-5-3-24(4-6-25)11-22-23-21/h9-10H,2-8,11H2,1H3. The van der Waals surface area contributed by atoms with Crippen LogP contribution < -0.4 is 15.1 Å². The number of benzene rings is 1. The van der Waals surface area contributed by atoms with E-state index in [9.17, 15) is 9.59 Å². The fourth-order valence-corrected chi connectivity index (χ4v) is 3.93.